The zero-order valence-electron chi connectivity index (χ0n) is 62.4. The zero-order valence-corrected chi connectivity index (χ0v) is 69.3. The molecule has 36 heteroatoms. The van der Waals surface area contributed by atoms with Crippen LogP contribution in [-0.2, 0) is 33.2 Å². The number of fused-ring (bicyclic) bond motifs is 2. The molecule has 0 spiro atoms. The quantitative estimate of drug-likeness (QED) is 0.00796. The third-order valence-corrected chi connectivity index (χ3v) is 13.6. The first-order valence-electron chi connectivity index (χ1n) is 31.3. The Hall–Kier alpha value is -7.08. The van der Waals surface area contributed by atoms with Crippen molar-refractivity contribution in [2.45, 2.75) is 27.7 Å². The van der Waals surface area contributed by atoms with Gasteiger partial charge in [-0.25, -0.2) is 14.4 Å². The first-order valence-corrected chi connectivity index (χ1v) is 31.0. The fourth-order valence-corrected chi connectivity index (χ4v) is 8.73. The molecule has 10 rings (SSSR count). The molecule has 14 N–H and O–H groups in total. The fraction of sp³-hybridized carbons (Fsp3) is 0.282. The number of nitro benzene ring substituents is 2. The molecule has 0 saturated heterocycles. The van der Waals surface area contributed by atoms with Crippen LogP contribution in [0.15, 0.2) is 183 Å². The van der Waals surface area contributed by atoms with E-state index in [-0.39, 0.29) is 178 Å². The van der Waals surface area contributed by atoms with Crippen LogP contribution in [-0.4, -0.2) is 186 Å². The first kappa shape index (κ1) is 106. The van der Waals surface area contributed by atoms with Crippen LogP contribution in [0.1, 0.15) is 50.4 Å². The predicted octanol–water partition coefficient (Wildman–Crippen LogP) is 4.98. The van der Waals surface area contributed by atoms with E-state index in [2.05, 4.69) is 101 Å². The number of aromatic nitrogens is 6. The van der Waals surface area contributed by atoms with Crippen molar-refractivity contribution in [2.24, 2.45) is 17.2 Å². The Labute approximate surface area is 734 Å². The normalized spacial score (nSPS) is 9.67. The summed E-state index contributed by atoms with van der Waals surface area (Å²) in [4.78, 5) is 79.4. The minimum absolute atomic E-state index is 0. The molecule has 107 heavy (non-hydrogen) atoms. The summed E-state index contributed by atoms with van der Waals surface area (Å²) in [5.74, 6) is 0.315. The van der Waals surface area contributed by atoms with E-state index in [1.165, 1.54) is 17.7 Å². The average molecular weight is 1620 g/mol. The molecule has 0 unspecified atom stereocenters. The van der Waals surface area contributed by atoms with E-state index < -0.39 is 34.6 Å². The second-order valence-electron chi connectivity index (χ2n) is 22.1. The van der Waals surface area contributed by atoms with E-state index in [0.29, 0.717) is 28.7 Å². The molecule has 0 bridgehead atoms. The Morgan fingerprint density at radius 2 is 1.02 bits per heavy atom. The summed E-state index contributed by atoms with van der Waals surface area (Å²) < 4.78 is 31.3. The van der Waals surface area contributed by atoms with Crippen LogP contribution in [0.3, 0.4) is 0 Å². The molecule has 29 nitrogen and oxygen atoms in total. The maximum atomic E-state index is 12.1. The van der Waals surface area contributed by atoms with Crippen LogP contribution < -0.4 is 153 Å². The van der Waals surface area contributed by atoms with Crippen LogP contribution in [0.25, 0.3) is 33.4 Å². The van der Waals surface area contributed by atoms with Gasteiger partial charge in [-0.1, -0.05) is 63.4 Å². The Morgan fingerprint density at radius 1 is 0.636 bits per heavy atom. The first-order chi connectivity index (χ1) is 48.2. The van der Waals surface area contributed by atoms with Crippen LogP contribution >= 0.6 is 24.0 Å². The summed E-state index contributed by atoms with van der Waals surface area (Å²) in [6.45, 7) is 6.38. The summed E-state index contributed by atoms with van der Waals surface area (Å²) in [7, 11) is 15.3. The monoisotopic (exact) mass is 1620 g/mol. The van der Waals surface area contributed by atoms with E-state index in [1.807, 2.05) is 118 Å². The number of nitro groups is 2. The molecule has 0 aliphatic heterocycles. The molecule has 0 aliphatic rings. The maximum absolute atomic E-state index is 12.1. The number of nitrogen functional groups attached to an aromatic ring is 1. The number of benzene rings is 6. The summed E-state index contributed by atoms with van der Waals surface area (Å²) in [5.41, 5.74) is 29.4. The second kappa shape index (κ2) is 60.8. The van der Waals surface area contributed by atoms with Crippen LogP contribution in [0.2, 0.25) is 5.28 Å². The molecule has 576 valence electrons. The van der Waals surface area contributed by atoms with Crippen molar-refractivity contribution in [2.75, 3.05) is 131 Å². The number of primary amides is 2. The van der Waals surface area contributed by atoms with Crippen molar-refractivity contribution in [3.8, 4) is 11.6 Å². The predicted molar refractivity (Wildman–Crippen MR) is 416 cm³/mol. The van der Waals surface area contributed by atoms with Gasteiger partial charge < -0.3 is 85.3 Å². The van der Waals surface area contributed by atoms with Gasteiger partial charge in [-0.05, 0) is 178 Å². The van der Waals surface area contributed by atoms with E-state index >= 15 is 0 Å². The summed E-state index contributed by atoms with van der Waals surface area (Å²) in [6.07, 6.45) is 8.81. The van der Waals surface area contributed by atoms with Crippen LogP contribution in [0, 0.1) is 26.0 Å². The molecular formula is C71H100Cl2F2FeK2N20O9. The Balaban J connectivity index is -0.000000299. The number of carbonyl (C=O) groups excluding carboxylic acids is 3. The molecule has 4 heterocycles. The van der Waals surface area contributed by atoms with Crippen molar-refractivity contribution in [3.63, 3.8) is 0 Å². The Morgan fingerprint density at radius 3 is 1.39 bits per heavy atom. The van der Waals surface area contributed by atoms with Gasteiger partial charge in [0.1, 0.15) is 17.5 Å². The number of aryl methyl sites for hydroxylation is 1. The van der Waals surface area contributed by atoms with Gasteiger partial charge in [-0.15, -0.1) is 12.4 Å². The third kappa shape index (κ3) is 41.9. The molecule has 0 saturated carbocycles. The van der Waals surface area contributed by atoms with Crippen molar-refractivity contribution in [1.29, 1.82) is 0 Å². The van der Waals surface area contributed by atoms with Gasteiger partial charge in [-0.2, -0.15) is 9.97 Å². The minimum Gasteiger partial charge on any atom is -1.00 e. The molecule has 0 atom stereocenters. The smallest absolute Gasteiger partial charge is 1.00 e. The fourth-order valence-electron chi connectivity index (χ4n) is 8.59. The van der Waals surface area contributed by atoms with Crippen molar-refractivity contribution < 1.29 is 166 Å². The zero-order chi connectivity index (χ0) is 74.8. The number of amides is 2. The molecule has 0 radical (unpaired) electrons. The number of hydrogen-bond donors (Lipinski definition) is 8. The number of nitrogens with zero attached hydrogens (tertiary/aromatic N) is 12. The molecule has 2 amide bonds. The topological polar surface area (TPSA) is 419 Å². The molecule has 0 aliphatic carbocycles. The minimum atomic E-state index is -1.00. The van der Waals surface area contributed by atoms with Gasteiger partial charge in [0, 0.05) is 139 Å². The third-order valence-electron chi connectivity index (χ3n) is 13.4. The van der Waals surface area contributed by atoms with Gasteiger partial charge in [0.05, 0.1) is 40.5 Å². The Kier molecular flexibility index (Phi) is 60.4. The van der Waals surface area contributed by atoms with Gasteiger partial charge in [0.2, 0.25) is 11.2 Å². The van der Waals surface area contributed by atoms with E-state index in [4.69, 9.17) is 46.0 Å². The van der Waals surface area contributed by atoms with E-state index in [1.54, 1.807) is 53.6 Å². The van der Waals surface area contributed by atoms with Gasteiger partial charge >= 0.3 is 103 Å². The second-order valence-corrected chi connectivity index (χ2v) is 22.5. The average Bonchev–Trinajstić information content (AvgIpc) is 1.64. The molecule has 0 fully saturated rings. The number of nitrogens with one attached hydrogen (secondary N) is 3. The number of nitrogens with two attached hydrogens (primary N) is 4. The van der Waals surface area contributed by atoms with Crippen molar-refractivity contribution in [1.82, 2.24) is 54.8 Å². The van der Waals surface area contributed by atoms with Crippen LogP contribution in [0.5, 0.6) is 0 Å². The van der Waals surface area contributed by atoms with E-state index in [9.17, 15) is 38.6 Å². The van der Waals surface area contributed by atoms with Gasteiger partial charge in [0.25, 0.3) is 29.7 Å². The molecule has 6 aromatic carbocycles. The van der Waals surface area contributed by atoms with Crippen molar-refractivity contribution >= 4 is 104 Å². The van der Waals surface area contributed by atoms with Gasteiger partial charge in [0.15, 0.2) is 0 Å². The maximum Gasteiger partial charge on any atom is 1.00 e. The van der Waals surface area contributed by atoms with Crippen molar-refractivity contribution in [3.05, 3.63) is 231 Å². The molecule has 10 aromatic rings. The van der Waals surface area contributed by atoms with Gasteiger partial charge in [-0.3, -0.25) is 39.0 Å². The number of carbonyl (C=O) groups is 3. The standard InChI is InChI=1S/C24H26N6O.C13H9ClN4O.C10H15N3O2.C10H17N3.C6H4FNO2.C4H12N2.CH3F.CH2O3.2CH4.ClH.Fe.2K.H3N.H/c1-29(2)15-5-6-17-9-11-18(12-10-17)27-24-26-14-13-22(28-24)30-16-20(23(25)31)19-7-3-4-8-21(19)30;14-13-16-6-5-11(17-13)18-7-9(12(15)19)8-3-1-2-4-10(8)18;1-12(2)8-7-11-9-3-5-10(6-4-9)13(14)15;1-13(2)8-7-12-10-5-3-9(11)4-6-10;7-5-1-3-6(4-2-5)8(9)10;1-6(2)4-3-5;1-2;2-1-4-3;;;;;;;;/h3-4,7-14,16H,5-6,15H2,1-2H3,(H2,25,31)(H,26,27,28);1-7H,(H2,15,19);3-6,11H,7-8H2,1-2H3;3-6,12H,7-8,11H2,1-2H3;1-4H;3-5H2,1-2H3;1H3;1,3H;2*1H4;1H;;;;1H3;/q;;;;;;;;;;;;2*+1;;-1/p-1/i;;;;;;1D;;;;;;;;;. The number of alkyl halides is 1. The van der Waals surface area contributed by atoms with Crippen LogP contribution in [0.4, 0.5) is 48.9 Å². The van der Waals surface area contributed by atoms with E-state index in [0.717, 1.165) is 127 Å². The Bertz CT molecular complexity index is 4120. The number of non-ortho nitro benzene ring substituents is 2. The molecular weight excluding hydrogens is 1520 g/mol. The largest absolute Gasteiger partial charge is 1.00 e. The summed E-state index contributed by atoms with van der Waals surface area (Å²) >= 11 is 5.79. The number of rotatable bonds is 23. The number of hydrogen-bond acceptors (Lipinski definition) is 23. The number of anilines is 5. The number of likely N-dealkylation sites (N-methyl/N-ethyl adjacent to an activating group) is 3. The number of para-hydroxylation sites is 2. The number of halogens is 4. The summed E-state index contributed by atoms with van der Waals surface area (Å²) in [5, 5.41) is 40.3. The molecule has 4 aromatic heterocycles. The SMILES string of the molecule is C.C.CN(C)CCCc1ccc(Nc2nccc(-n3cc(C(N)=O)c4ccccc43)n2)cc1.CN(C)CCN.CN(C)CCNc1ccc(N)cc1.CN(C)CCNc1ccc([N+](=O)[O-])cc1.Cl.N.NC(=O)c1cn(-c2ccnc(Cl)n2)c2ccccc12.O=CO[O-].O=[N+]([O-])c1ccc(F)cc1.[2H]CF.[Fe].[H-].[K+].[K+]. The summed E-state index contributed by atoms with van der Waals surface area (Å²) in [6, 6.07) is 45.5.